The van der Waals surface area contributed by atoms with Gasteiger partial charge in [-0.3, -0.25) is 0 Å². The second kappa shape index (κ2) is 25.1. The zero-order valence-corrected chi connectivity index (χ0v) is 27.8. The van der Waals surface area contributed by atoms with Crippen molar-refractivity contribution in [1.29, 1.82) is 0 Å². The van der Waals surface area contributed by atoms with Crippen molar-refractivity contribution in [2.75, 3.05) is 19.8 Å². The van der Waals surface area contributed by atoms with Crippen molar-refractivity contribution in [2.45, 2.75) is 168 Å². The van der Waals surface area contributed by atoms with Gasteiger partial charge in [-0.2, -0.15) is 0 Å². The van der Waals surface area contributed by atoms with Gasteiger partial charge in [-0.05, 0) is 38.0 Å². The predicted molar refractivity (Wildman–Crippen MR) is 173 cm³/mol. The SMILES string of the molecule is CCCCCCCCCCCCCCCCCCOC[C@H](CO[Si](C)(C)CCCC)OC(C)c1ccccc1. The Hall–Kier alpha value is -0.683. The molecule has 0 aliphatic heterocycles. The van der Waals surface area contributed by atoms with Gasteiger partial charge in [0.25, 0.3) is 0 Å². The third-order valence-electron chi connectivity index (χ3n) is 7.90. The van der Waals surface area contributed by atoms with E-state index in [0.29, 0.717) is 13.2 Å². The van der Waals surface area contributed by atoms with Crippen LogP contribution in [0.25, 0.3) is 0 Å². The molecule has 0 radical (unpaired) electrons. The van der Waals surface area contributed by atoms with E-state index in [4.69, 9.17) is 13.9 Å². The topological polar surface area (TPSA) is 27.7 Å². The van der Waals surface area contributed by atoms with Gasteiger partial charge < -0.3 is 13.9 Å². The zero-order chi connectivity index (χ0) is 28.4. The molecule has 0 N–H and O–H groups in total. The highest BCUT2D eigenvalue weighted by Crippen LogP contribution is 2.21. The summed E-state index contributed by atoms with van der Waals surface area (Å²) in [5.41, 5.74) is 1.21. The van der Waals surface area contributed by atoms with E-state index in [9.17, 15) is 0 Å². The molecule has 1 aromatic rings. The molecule has 0 aliphatic rings. The van der Waals surface area contributed by atoms with E-state index in [2.05, 4.69) is 64.2 Å². The van der Waals surface area contributed by atoms with Crippen molar-refractivity contribution in [3.05, 3.63) is 35.9 Å². The third-order valence-corrected chi connectivity index (χ3v) is 10.4. The van der Waals surface area contributed by atoms with E-state index in [1.807, 2.05) is 0 Å². The van der Waals surface area contributed by atoms with Crippen molar-refractivity contribution in [3.63, 3.8) is 0 Å². The second-order valence-corrected chi connectivity index (χ2v) is 16.7. The molecule has 39 heavy (non-hydrogen) atoms. The van der Waals surface area contributed by atoms with E-state index < -0.39 is 8.32 Å². The summed E-state index contributed by atoms with van der Waals surface area (Å²) in [6.07, 6.45) is 24.8. The monoisotopic (exact) mass is 562 g/mol. The molecule has 0 saturated heterocycles. The molecule has 0 spiro atoms. The average molecular weight is 563 g/mol. The number of hydrogen-bond donors (Lipinski definition) is 0. The average Bonchev–Trinajstić information content (AvgIpc) is 2.94. The molecule has 0 saturated carbocycles. The second-order valence-electron chi connectivity index (χ2n) is 12.4. The highest BCUT2D eigenvalue weighted by atomic mass is 28.4. The van der Waals surface area contributed by atoms with Gasteiger partial charge in [-0.25, -0.2) is 0 Å². The molecule has 0 bridgehead atoms. The van der Waals surface area contributed by atoms with Crippen LogP contribution in [0.15, 0.2) is 30.3 Å². The molecule has 1 unspecified atom stereocenters. The van der Waals surface area contributed by atoms with E-state index in [0.717, 1.165) is 13.0 Å². The summed E-state index contributed by atoms with van der Waals surface area (Å²) in [4.78, 5) is 0. The minimum Gasteiger partial charge on any atom is -0.415 e. The molecular weight excluding hydrogens is 496 g/mol. The van der Waals surface area contributed by atoms with Gasteiger partial charge in [0, 0.05) is 6.61 Å². The van der Waals surface area contributed by atoms with Crippen LogP contribution in [0.5, 0.6) is 0 Å². The van der Waals surface area contributed by atoms with E-state index in [1.54, 1.807) is 0 Å². The number of ether oxygens (including phenoxy) is 2. The molecule has 3 nitrogen and oxygen atoms in total. The highest BCUT2D eigenvalue weighted by Gasteiger charge is 2.25. The van der Waals surface area contributed by atoms with Crippen LogP contribution in [0.1, 0.15) is 148 Å². The number of rotatable bonds is 28. The van der Waals surface area contributed by atoms with Crippen LogP contribution in [0.3, 0.4) is 0 Å². The highest BCUT2D eigenvalue weighted by molar-refractivity contribution is 6.71. The number of unbranched alkanes of at least 4 members (excludes halogenated alkanes) is 16. The van der Waals surface area contributed by atoms with Crippen LogP contribution in [0.4, 0.5) is 0 Å². The number of hydrogen-bond acceptors (Lipinski definition) is 3. The summed E-state index contributed by atoms with van der Waals surface area (Å²) in [5, 5.41) is 0. The van der Waals surface area contributed by atoms with Crippen molar-refractivity contribution in [1.82, 2.24) is 0 Å². The summed E-state index contributed by atoms with van der Waals surface area (Å²) in [7, 11) is -1.65. The van der Waals surface area contributed by atoms with Crippen LogP contribution >= 0.6 is 0 Å². The van der Waals surface area contributed by atoms with E-state index in [1.165, 1.54) is 121 Å². The Balaban J connectivity index is 2.12. The standard InChI is InChI=1S/C35H66O3Si/c1-6-8-10-11-12-13-14-15-16-17-18-19-20-21-22-26-29-36-31-35(32-37-39(4,5)30-9-7-2)38-33(3)34-27-24-23-25-28-34/h23-25,27-28,33,35H,6-22,26,29-32H2,1-5H3/t33?,35-/m1/s1. The minimum atomic E-state index is -1.65. The molecule has 228 valence electrons. The Kier molecular flexibility index (Phi) is 23.4. The maximum atomic E-state index is 6.45. The van der Waals surface area contributed by atoms with Gasteiger partial charge in [-0.1, -0.05) is 153 Å². The predicted octanol–water partition coefficient (Wildman–Crippen LogP) is 11.4. The molecule has 4 heteroatoms. The van der Waals surface area contributed by atoms with Gasteiger partial charge in [0.15, 0.2) is 8.32 Å². The number of benzene rings is 1. The summed E-state index contributed by atoms with van der Waals surface area (Å²) < 4.78 is 19.0. The molecule has 0 aliphatic carbocycles. The first-order valence-electron chi connectivity index (χ1n) is 16.9. The maximum Gasteiger partial charge on any atom is 0.186 e. The molecule has 1 rings (SSSR count). The Bertz CT molecular complexity index is 636. The van der Waals surface area contributed by atoms with Crippen LogP contribution in [0.2, 0.25) is 19.1 Å². The van der Waals surface area contributed by atoms with Gasteiger partial charge >= 0.3 is 0 Å². The third kappa shape index (κ3) is 21.7. The van der Waals surface area contributed by atoms with Crippen LogP contribution in [-0.2, 0) is 13.9 Å². The van der Waals surface area contributed by atoms with Crippen molar-refractivity contribution < 1.29 is 13.9 Å². The van der Waals surface area contributed by atoms with Crippen LogP contribution in [0, 0.1) is 0 Å². The first-order valence-corrected chi connectivity index (χ1v) is 20.0. The van der Waals surface area contributed by atoms with Crippen molar-refractivity contribution in [3.8, 4) is 0 Å². The lowest BCUT2D eigenvalue weighted by Crippen LogP contribution is -2.36. The van der Waals surface area contributed by atoms with Gasteiger partial charge in [0.2, 0.25) is 0 Å². The summed E-state index contributed by atoms with van der Waals surface area (Å²) >= 11 is 0. The lowest BCUT2D eigenvalue weighted by Gasteiger charge is -2.28. The van der Waals surface area contributed by atoms with Gasteiger partial charge in [-0.15, -0.1) is 0 Å². The Labute approximate surface area is 245 Å². The maximum absolute atomic E-state index is 6.45. The van der Waals surface area contributed by atoms with Crippen LogP contribution in [-0.4, -0.2) is 34.2 Å². The smallest absolute Gasteiger partial charge is 0.186 e. The molecular formula is C35H66O3Si. The Morgan fingerprint density at radius 2 is 1.10 bits per heavy atom. The van der Waals surface area contributed by atoms with Crippen LogP contribution < -0.4 is 0 Å². The molecule has 2 atom stereocenters. The fourth-order valence-corrected chi connectivity index (χ4v) is 7.16. The lowest BCUT2D eigenvalue weighted by atomic mass is 10.0. The Morgan fingerprint density at radius 3 is 1.62 bits per heavy atom. The Morgan fingerprint density at radius 1 is 0.615 bits per heavy atom. The normalized spacial score (nSPS) is 13.6. The van der Waals surface area contributed by atoms with Crippen molar-refractivity contribution in [2.24, 2.45) is 0 Å². The summed E-state index contributed by atoms with van der Waals surface area (Å²) in [6.45, 7) is 13.4. The summed E-state index contributed by atoms with van der Waals surface area (Å²) in [6, 6.07) is 11.7. The molecule has 1 aromatic carbocycles. The van der Waals surface area contributed by atoms with Crippen molar-refractivity contribution >= 4 is 8.32 Å². The van der Waals surface area contributed by atoms with E-state index in [-0.39, 0.29) is 12.2 Å². The molecule has 0 aromatic heterocycles. The fourth-order valence-electron chi connectivity index (χ4n) is 5.18. The first kappa shape index (κ1) is 36.3. The minimum absolute atomic E-state index is 0.0188. The molecule has 0 amide bonds. The largest absolute Gasteiger partial charge is 0.415 e. The molecule has 0 fully saturated rings. The van der Waals surface area contributed by atoms with Gasteiger partial charge in [0.1, 0.15) is 6.10 Å². The lowest BCUT2D eigenvalue weighted by molar-refractivity contribution is -0.0715. The molecule has 0 heterocycles. The quantitative estimate of drug-likeness (QED) is 0.0750. The zero-order valence-electron chi connectivity index (χ0n) is 26.8. The summed E-state index contributed by atoms with van der Waals surface area (Å²) in [5.74, 6) is 0. The fraction of sp³-hybridized carbons (Fsp3) is 0.829. The first-order chi connectivity index (χ1) is 19.0. The van der Waals surface area contributed by atoms with Gasteiger partial charge in [0.05, 0.1) is 19.3 Å². The van der Waals surface area contributed by atoms with E-state index >= 15 is 0 Å².